The van der Waals surface area contributed by atoms with Crippen molar-refractivity contribution in [3.8, 4) is 5.75 Å². The molecule has 1 aromatic carbocycles. The highest BCUT2D eigenvalue weighted by molar-refractivity contribution is 5.98. The van der Waals surface area contributed by atoms with Gasteiger partial charge in [-0.2, -0.15) is 0 Å². The normalized spacial score (nSPS) is 17.3. The first-order valence-electron chi connectivity index (χ1n) is 8.44. The first kappa shape index (κ1) is 16.9. The Bertz CT molecular complexity index is 593. The Morgan fingerprint density at radius 1 is 1.38 bits per heavy atom. The minimum atomic E-state index is -0.117. The monoisotopic (exact) mass is 334 g/mol. The van der Waals surface area contributed by atoms with Crippen molar-refractivity contribution in [1.29, 1.82) is 0 Å². The van der Waals surface area contributed by atoms with Crippen LogP contribution in [0.3, 0.4) is 0 Å². The minimum absolute atomic E-state index is 0.0567. The highest BCUT2D eigenvalue weighted by Gasteiger charge is 2.32. The predicted molar refractivity (Wildman–Crippen MR) is 94.1 cm³/mol. The van der Waals surface area contributed by atoms with E-state index in [1.54, 1.807) is 4.90 Å². The third-order valence-electron chi connectivity index (χ3n) is 4.43. The summed E-state index contributed by atoms with van der Waals surface area (Å²) in [6.45, 7) is 3.75. The topological polar surface area (TPSA) is 68.3 Å². The lowest BCUT2D eigenvalue weighted by Gasteiger charge is -2.41. The van der Waals surface area contributed by atoms with Crippen LogP contribution < -0.4 is 19.9 Å². The predicted octanol–water partition coefficient (Wildman–Crippen LogP) is 0.728. The molecule has 0 aliphatic carbocycles. The number of hydrogen-bond acceptors (Lipinski definition) is 5. The molecule has 2 N–H and O–H groups in total. The number of para-hydroxylation sites is 1. The minimum Gasteiger partial charge on any atom is -0.489 e. The van der Waals surface area contributed by atoms with Gasteiger partial charge in [-0.1, -0.05) is 6.07 Å². The van der Waals surface area contributed by atoms with Crippen molar-refractivity contribution in [2.75, 3.05) is 63.3 Å². The van der Waals surface area contributed by atoms with E-state index in [4.69, 9.17) is 4.74 Å². The summed E-state index contributed by atoms with van der Waals surface area (Å²) in [7, 11) is 3.92. The van der Waals surface area contributed by atoms with Gasteiger partial charge in [0.1, 0.15) is 18.0 Å². The van der Waals surface area contributed by atoms with Gasteiger partial charge in [0.15, 0.2) is 0 Å². The molecule has 0 fully saturated rings. The van der Waals surface area contributed by atoms with Crippen LogP contribution >= 0.6 is 0 Å². The zero-order valence-corrected chi connectivity index (χ0v) is 14.4. The van der Waals surface area contributed by atoms with Gasteiger partial charge in [-0.05, 0) is 32.6 Å². The van der Waals surface area contributed by atoms with Gasteiger partial charge in [0.05, 0.1) is 12.2 Å². The maximum atomic E-state index is 12.8. The number of hydrogen-bond donors (Lipinski definition) is 2. The first-order chi connectivity index (χ1) is 11.6. The van der Waals surface area contributed by atoms with Crippen molar-refractivity contribution in [1.82, 2.24) is 10.2 Å². The molecule has 0 radical (unpaired) electrons. The van der Waals surface area contributed by atoms with Crippen molar-refractivity contribution in [3.63, 3.8) is 0 Å². The second-order valence-corrected chi connectivity index (χ2v) is 6.53. The molecule has 7 nitrogen and oxygen atoms in total. The van der Waals surface area contributed by atoms with Gasteiger partial charge in [0.2, 0.25) is 0 Å². The van der Waals surface area contributed by atoms with Crippen LogP contribution in [0.1, 0.15) is 6.42 Å². The van der Waals surface area contributed by atoms with Gasteiger partial charge in [-0.3, -0.25) is 4.90 Å². The van der Waals surface area contributed by atoms with Gasteiger partial charge in [0.25, 0.3) is 0 Å². The highest BCUT2D eigenvalue weighted by Crippen LogP contribution is 2.42. The summed E-state index contributed by atoms with van der Waals surface area (Å²) < 4.78 is 5.73. The molecule has 0 saturated heterocycles. The summed E-state index contributed by atoms with van der Waals surface area (Å²) in [5.74, 6) is 0.844. The maximum Gasteiger partial charge on any atom is 0.322 e. The van der Waals surface area contributed by atoms with E-state index in [0.29, 0.717) is 26.1 Å². The van der Waals surface area contributed by atoms with Crippen LogP contribution in [0.5, 0.6) is 5.75 Å². The van der Waals surface area contributed by atoms with Crippen LogP contribution in [-0.4, -0.2) is 75.6 Å². The van der Waals surface area contributed by atoms with Crippen LogP contribution in [0.25, 0.3) is 0 Å². The lowest BCUT2D eigenvalue weighted by Crippen LogP contribution is -2.53. The third-order valence-corrected chi connectivity index (χ3v) is 4.43. The molecule has 1 atom stereocenters. The zero-order chi connectivity index (χ0) is 17.1. The van der Waals surface area contributed by atoms with E-state index in [0.717, 1.165) is 30.2 Å². The lowest BCUT2D eigenvalue weighted by molar-refractivity contribution is 0.222. The van der Waals surface area contributed by atoms with E-state index in [9.17, 15) is 9.90 Å². The highest BCUT2D eigenvalue weighted by atomic mass is 16.5. The van der Waals surface area contributed by atoms with E-state index in [2.05, 4.69) is 10.2 Å². The number of nitrogens with zero attached hydrogens (tertiary/aromatic N) is 3. The number of rotatable bonds is 5. The number of benzene rings is 1. The summed E-state index contributed by atoms with van der Waals surface area (Å²) in [6.07, 6.45) is 0.542. The average molecular weight is 334 g/mol. The number of anilines is 2. The molecule has 1 aromatic rings. The SMILES string of the molecule is CN(C)CC(CCO)NC(=O)N1CCN2CCOc3cccc1c32. The number of carbonyl (C=O) groups is 1. The number of likely N-dealkylation sites (N-methyl/N-ethyl adjacent to an activating group) is 1. The summed E-state index contributed by atoms with van der Waals surface area (Å²) in [5, 5.41) is 12.3. The van der Waals surface area contributed by atoms with Crippen LogP contribution in [0.2, 0.25) is 0 Å². The molecule has 0 saturated carbocycles. The largest absolute Gasteiger partial charge is 0.489 e. The molecular weight excluding hydrogens is 308 g/mol. The molecule has 3 rings (SSSR count). The van der Waals surface area contributed by atoms with Gasteiger partial charge >= 0.3 is 6.03 Å². The van der Waals surface area contributed by atoms with Gasteiger partial charge < -0.3 is 25.0 Å². The Balaban J connectivity index is 1.78. The van der Waals surface area contributed by atoms with E-state index in [1.165, 1.54) is 0 Å². The Hall–Kier alpha value is -1.99. The fourth-order valence-electron chi connectivity index (χ4n) is 3.37. The average Bonchev–Trinajstić information content (AvgIpc) is 2.55. The molecule has 24 heavy (non-hydrogen) atoms. The van der Waals surface area contributed by atoms with E-state index < -0.39 is 0 Å². The smallest absolute Gasteiger partial charge is 0.322 e. The molecule has 2 amide bonds. The number of nitrogens with one attached hydrogen (secondary N) is 1. The van der Waals surface area contributed by atoms with Crippen LogP contribution in [0.4, 0.5) is 16.2 Å². The Morgan fingerprint density at radius 2 is 2.21 bits per heavy atom. The zero-order valence-electron chi connectivity index (χ0n) is 14.4. The number of urea groups is 1. The molecule has 0 spiro atoms. The second kappa shape index (κ2) is 7.27. The molecule has 132 valence electrons. The maximum absolute atomic E-state index is 12.8. The first-order valence-corrected chi connectivity index (χ1v) is 8.44. The summed E-state index contributed by atoms with van der Waals surface area (Å²) in [6, 6.07) is 5.65. The molecule has 1 unspecified atom stereocenters. The quantitative estimate of drug-likeness (QED) is 0.831. The van der Waals surface area contributed by atoms with Crippen molar-refractivity contribution in [3.05, 3.63) is 18.2 Å². The van der Waals surface area contributed by atoms with Crippen LogP contribution in [-0.2, 0) is 0 Å². The number of aliphatic hydroxyl groups excluding tert-OH is 1. The van der Waals surface area contributed by atoms with E-state index >= 15 is 0 Å². The Kier molecular flexibility index (Phi) is 5.11. The molecule has 7 heteroatoms. The van der Waals surface area contributed by atoms with E-state index in [1.807, 2.05) is 37.2 Å². The summed E-state index contributed by atoms with van der Waals surface area (Å²) in [5.41, 5.74) is 1.90. The molecule has 0 aromatic heterocycles. The van der Waals surface area contributed by atoms with Gasteiger partial charge in [-0.15, -0.1) is 0 Å². The van der Waals surface area contributed by atoms with E-state index in [-0.39, 0.29) is 18.7 Å². The molecule has 2 heterocycles. The van der Waals surface area contributed by atoms with Crippen molar-refractivity contribution in [2.45, 2.75) is 12.5 Å². The molecular formula is C17H26N4O3. The van der Waals surface area contributed by atoms with Gasteiger partial charge in [0, 0.05) is 32.3 Å². The number of aliphatic hydroxyl groups is 1. The van der Waals surface area contributed by atoms with Crippen molar-refractivity contribution >= 4 is 17.4 Å². The lowest BCUT2D eigenvalue weighted by atomic mass is 10.1. The fraction of sp³-hybridized carbons (Fsp3) is 0.588. The second-order valence-electron chi connectivity index (χ2n) is 6.53. The van der Waals surface area contributed by atoms with Gasteiger partial charge in [-0.25, -0.2) is 4.79 Å². The Morgan fingerprint density at radius 3 is 2.96 bits per heavy atom. The number of amides is 2. The standard InChI is InChI=1S/C17H26N4O3/c1-19(2)12-13(6-10-22)18-17(23)21-8-7-20-9-11-24-15-5-3-4-14(21)16(15)20/h3-5,13,22H,6-12H2,1-2H3,(H,18,23). The molecule has 2 aliphatic heterocycles. The summed E-state index contributed by atoms with van der Waals surface area (Å²) in [4.78, 5) is 18.9. The Labute approximate surface area is 142 Å². The third kappa shape index (κ3) is 3.42. The van der Waals surface area contributed by atoms with Crippen molar-refractivity contribution < 1.29 is 14.6 Å². The summed E-state index contributed by atoms with van der Waals surface area (Å²) >= 11 is 0. The number of ether oxygens (including phenoxy) is 1. The number of carbonyl (C=O) groups excluding carboxylic acids is 1. The fourth-order valence-corrected chi connectivity index (χ4v) is 3.37. The van der Waals surface area contributed by atoms with Crippen LogP contribution in [0.15, 0.2) is 18.2 Å². The van der Waals surface area contributed by atoms with Crippen molar-refractivity contribution in [2.24, 2.45) is 0 Å². The molecule has 0 bridgehead atoms. The van der Waals surface area contributed by atoms with Crippen LogP contribution in [0, 0.1) is 0 Å². The molecule has 2 aliphatic rings.